The highest BCUT2D eigenvalue weighted by molar-refractivity contribution is 5.95. The van der Waals surface area contributed by atoms with Gasteiger partial charge in [0.05, 0.1) is 11.1 Å². The molecule has 2 rings (SSSR count). The number of carbonyl (C=O) groups excluding carboxylic acids is 1. The van der Waals surface area contributed by atoms with Crippen LogP contribution in [0.25, 0.3) is 10.9 Å². The van der Waals surface area contributed by atoms with Crippen LogP contribution in [0.1, 0.15) is 45.7 Å². The lowest BCUT2D eigenvalue weighted by atomic mass is 10.1. The van der Waals surface area contributed by atoms with Crippen molar-refractivity contribution in [1.29, 1.82) is 5.26 Å². The number of rotatable bonds is 0. The summed E-state index contributed by atoms with van der Waals surface area (Å²) < 4.78 is 20.0. The second-order valence-electron chi connectivity index (χ2n) is 5.62. The minimum Gasteiger partial charge on any atom is -0.443 e. The molecule has 1 heterocycles. The Morgan fingerprint density at radius 3 is 2.41 bits per heavy atom. The smallest absolute Gasteiger partial charge is 0.419 e. The van der Waals surface area contributed by atoms with Crippen LogP contribution in [0.4, 0.5) is 9.18 Å². The predicted octanol–water partition coefficient (Wildman–Crippen LogP) is 4.77. The molecule has 0 fully saturated rings. The average molecular weight is 304 g/mol. The lowest BCUT2D eigenvalue weighted by Crippen LogP contribution is -2.26. The first-order valence-electron chi connectivity index (χ1n) is 7.17. The molecule has 0 radical (unpaired) electrons. The van der Waals surface area contributed by atoms with Crippen molar-refractivity contribution in [2.75, 3.05) is 0 Å². The van der Waals surface area contributed by atoms with E-state index in [-0.39, 0.29) is 5.56 Å². The Morgan fingerprint density at radius 1 is 1.32 bits per heavy atom. The number of ether oxygens (including phenoxy) is 1. The number of nitrogens with zero attached hydrogens (tertiary/aromatic N) is 2. The van der Waals surface area contributed by atoms with E-state index in [4.69, 9.17) is 10.00 Å². The zero-order chi connectivity index (χ0) is 17.1. The van der Waals surface area contributed by atoms with E-state index < -0.39 is 17.5 Å². The first kappa shape index (κ1) is 17.7. The van der Waals surface area contributed by atoms with Crippen molar-refractivity contribution in [2.45, 2.75) is 47.1 Å². The molecule has 0 aliphatic carbocycles. The summed E-state index contributed by atoms with van der Waals surface area (Å²) in [4.78, 5) is 12.2. The van der Waals surface area contributed by atoms with Gasteiger partial charge in [0.1, 0.15) is 17.5 Å². The Labute approximate surface area is 130 Å². The molecule has 0 saturated heterocycles. The molecule has 22 heavy (non-hydrogen) atoms. The van der Waals surface area contributed by atoms with Crippen LogP contribution in [0.3, 0.4) is 0 Å². The molecule has 0 spiro atoms. The molecule has 0 amide bonds. The molecule has 0 aliphatic rings. The fraction of sp³-hybridized carbons (Fsp3) is 0.412. The Morgan fingerprint density at radius 2 is 1.91 bits per heavy atom. The Hall–Kier alpha value is -2.35. The fourth-order valence-electron chi connectivity index (χ4n) is 2.03. The molecule has 5 heteroatoms. The third-order valence-corrected chi connectivity index (χ3v) is 2.77. The quantitative estimate of drug-likeness (QED) is 0.704. The van der Waals surface area contributed by atoms with E-state index in [1.54, 1.807) is 33.9 Å². The summed E-state index contributed by atoms with van der Waals surface area (Å²) in [7, 11) is 0. The predicted molar refractivity (Wildman–Crippen MR) is 84.3 cm³/mol. The van der Waals surface area contributed by atoms with Gasteiger partial charge in [-0.2, -0.15) is 5.26 Å². The van der Waals surface area contributed by atoms with Crippen LogP contribution in [-0.4, -0.2) is 16.3 Å². The zero-order valence-corrected chi connectivity index (χ0v) is 13.8. The topological polar surface area (TPSA) is 55.0 Å². The highest BCUT2D eigenvalue weighted by Gasteiger charge is 2.22. The number of aryl methyl sites for hydroxylation is 1. The number of aromatic nitrogens is 1. The third kappa shape index (κ3) is 3.64. The van der Waals surface area contributed by atoms with E-state index in [9.17, 15) is 9.18 Å². The molecule has 0 bridgehead atoms. The van der Waals surface area contributed by atoms with Crippen molar-refractivity contribution >= 4 is 17.0 Å². The molecule has 0 aliphatic heterocycles. The summed E-state index contributed by atoms with van der Waals surface area (Å²) in [5, 5.41) is 9.66. The molecular formula is C17H21FN2O2. The van der Waals surface area contributed by atoms with Gasteiger partial charge in [-0.25, -0.2) is 9.18 Å². The van der Waals surface area contributed by atoms with E-state index in [0.717, 1.165) is 6.07 Å². The molecule has 0 saturated carbocycles. The first-order chi connectivity index (χ1) is 10.2. The van der Waals surface area contributed by atoms with Gasteiger partial charge in [-0.05, 0) is 45.4 Å². The van der Waals surface area contributed by atoms with Crippen LogP contribution >= 0.6 is 0 Å². The standard InChI is InChI=1S/C15H15FN2O2.C2H6/c1-9-8-18(14(19)20-15(2,3)4)13-10(7-17)5-11(16)6-12(9)13;1-2/h5-6,8H,1-4H3;1-2H3. The highest BCUT2D eigenvalue weighted by atomic mass is 19.1. The SMILES string of the molecule is CC.Cc1cn(C(=O)OC(C)(C)C)c2c(C#N)cc(F)cc12. The van der Waals surface area contributed by atoms with Gasteiger partial charge in [0, 0.05) is 11.6 Å². The highest BCUT2D eigenvalue weighted by Crippen LogP contribution is 2.26. The summed E-state index contributed by atoms with van der Waals surface area (Å²) >= 11 is 0. The largest absolute Gasteiger partial charge is 0.443 e. The molecule has 118 valence electrons. The van der Waals surface area contributed by atoms with E-state index in [0.29, 0.717) is 16.5 Å². The van der Waals surface area contributed by atoms with Crippen LogP contribution in [0.5, 0.6) is 0 Å². The van der Waals surface area contributed by atoms with Gasteiger partial charge in [0.15, 0.2) is 0 Å². The molecule has 0 atom stereocenters. The minimum atomic E-state index is -0.644. The van der Waals surface area contributed by atoms with Crippen LogP contribution in [0.2, 0.25) is 0 Å². The van der Waals surface area contributed by atoms with Crippen LogP contribution in [0, 0.1) is 24.1 Å². The van der Waals surface area contributed by atoms with Gasteiger partial charge in [0.25, 0.3) is 0 Å². The molecule has 1 aromatic heterocycles. The van der Waals surface area contributed by atoms with E-state index in [1.807, 2.05) is 19.9 Å². The average Bonchev–Trinajstić information content (AvgIpc) is 2.76. The maximum Gasteiger partial charge on any atom is 0.419 e. The number of hydrogen-bond acceptors (Lipinski definition) is 3. The number of carbonyl (C=O) groups is 1. The van der Waals surface area contributed by atoms with Gasteiger partial charge in [-0.15, -0.1) is 0 Å². The normalized spacial score (nSPS) is 10.6. The number of nitriles is 1. The molecule has 1 aromatic carbocycles. The van der Waals surface area contributed by atoms with Crippen molar-refractivity contribution in [3.8, 4) is 6.07 Å². The van der Waals surface area contributed by atoms with Crippen molar-refractivity contribution < 1.29 is 13.9 Å². The summed E-state index contributed by atoms with van der Waals surface area (Å²) in [6.45, 7) is 11.0. The second-order valence-corrected chi connectivity index (χ2v) is 5.62. The van der Waals surface area contributed by atoms with Crippen LogP contribution < -0.4 is 0 Å². The van der Waals surface area contributed by atoms with Crippen molar-refractivity contribution in [2.24, 2.45) is 0 Å². The Kier molecular flexibility index (Phi) is 5.32. The van der Waals surface area contributed by atoms with Gasteiger partial charge >= 0.3 is 6.09 Å². The summed E-state index contributed by atoms with van der Waals surface area (Å²) in [6, 6.07) is 4.34. The van der Waals surface area contributed by atoms with Crippen molar-refractivity contribution in [3.05, 3.63) is 35.3 Å². The summed E-state index contributed by atoms with van der Waals surface area (Å²) in [6.07, 6.45) is 0.970. The lowest BCUT2D eigenvalue weighted by Gasteiger charge is -2.19. The van der Waals surface area contributed by atoms with E-state index >= 15 is 0 Å². The fourth-order valence-corrected chi connectivity index (χ4v) is 2.03. The molecule has 2 aromatic rings. The Balaban J connectivity index is 0.00000116. The van der Waals surface area contributed by atoms with Crippen molar-refractivity contribution in [3.63, 3.8) is 0 Å². The lowest BCUT2D eigenvalue weighted by molar-refractivity contribution is 0.0544. The van der Waals surface area contributed by atoms with E-state index in [2.05, 4.69) is 0 Å². The summed E-state index contributed by atoms with van der Waals surface area (Å²) in [5.74, 6) is -0.501. The van der Waals surface area contributed by atoms with Gasteiger partial charge in [0.2, 0.25) is 0 Å². The first-order valence-corrected chi connectivity index (χ1v) is 7.17. The number of benzene rings is 1. The third-order valence-electron chi connectivity index (χ3n) is 2.77. The van der Waals surface area contributed by atoms with Gasteiger partial charge in [-0.3, -0.25) is 4.57 Å². The van der Waals surface area contributed by atoms with Crippen LogP contribution in [-0.2, 0) is 4.74 Å². The molecule has 0 unspecified atom stereocenters. The number of hydrogen-bond donors (Lipinski definition) is 0. The number of halogens is 1. The van der Waals surface area contributed by atoms with Gasteiger partial charge in [-0.1, -0.05) is 13.8 Å². The maximum absolute atomic E-state index is 13.5. The van der Waals surface area contributed by atoms with Crippen LogP contribution in [0.15, 0.2) is 18.3 Å². The summed E-state index contributed by atoms with van der Waals surface area (Å²) in [5.41, 5.74) is 0.551. The van der Waals surface area contributed by atoms with Crippen molar-refractivity contribution in [1.82, 2.24) is 4.57 Å². The van der Waals surface area contributed by atoms with E-state index in [1.165, 1.54) is 10.6 Å². The Bertz CT molecular complexity index is 734. The van der Waals surface area contributed by atoms with Gasteiger partial charge < -0.3 is 4.74 Å². The second kappa shape index (κ2) is 6.61. The number of fused-ring (bicyclic) bond motifs is 1. The minimum absolute atomic E-state index is 0.110. The zero-order valence-electron chi connectivity index (χ0n) is 13.8. The maximum atomic E-state index is 13.5. The monoisotopic (exact) mass is 304 g/mol. The molecular weight excluding hydrogens is 283 g/mol. The molecule has 0 N–H and O–H groups in total. The molecule has 4 nitrogen and oxygen atoms in total.